The van der Waals surface area contributed by atoms with Crippen LogP contribution in [0.25, 0.3) is 0 Å². The van der Waals surface area contributed by atoms with Gasteiger partial charge in [0.2, 0.25) is 10.0 Å². The monoisotopic (exact) mass is 337 g/mol. The Bertz CT molecular complexity index is 743. The molecule has 124 valence electrons. The molecular formula is C14H19N5O3S. The van der Waals surface area contributed by atoms with E-state index in [0.29, 0.717) is 13.2 Å². The Kier molecular flexibility index (Phi) is 4.33. The first-order valence-corrected chi connectivity index (χ1v) is 8.66. The molecule has 9 heteroatoms. The molecule has 0 aromatic carbocycles. The summed E-state index contributed by atoms with van der Waals surface area (Å²) in [6.45, 7) is 0.889. The summed E-state index contributed by atoms with van der Waals surface area (Å²) < 4.78 is 32.2. The highest BCUT2D eigenvalue weighted by Crippen LogP contribution is 2.25. The van der Waals surface area contributed by atoms with Crippen molar-refractivity contribution in [2.45, 2.75) is 11.0 Å². The van der Waals surface area contributed by atoms with Crippen LogP contribution < -0.4 is 4.90 Å². The molecule has 0 spiro atoms. The van der Waals surface area contributed by atoms with E-state index in [1.54, 1.807) is 6.20 Å². The minimum Gasteiger partial charge on any atom is -0.376 e. The lowest BCUT2D eigenvalue weighted by Gasteiger charge is -2.31. The molecule has 0 radical (unpaired) electrons. The average Bonchev–Trinajstić information content (AvgIpc) is 3.10. The molecule has 1 fully saturated rings. The van der Waals surface area contributed by atoms with Crippen LogP contribution in [-0.4, -0.2) is 61.7 Å². The van der Waals surface area contributed by atoms with Crippen molar-refractivity contribution < 1.29 is 13.2 Å². The number of H-pyrrole nitrogens is 1. The molecule has 0 saturated carbocycles. The van der Waals surface area contributed by atoms with E-state index in [1.807, 2.05) is 31.1 Å². The molecule has 1 saturated heterocycles. The van der Waals surface area contributed by atoms with Gasteiger partial charge in [0.1, 0.15) is 11.0 Å². The highest BCUT2D eigenvalue weighted by Gasteiger charge is 2.32. The van der Waals surface area contributed by atoms with Gasteiger partial charge in [0.15, 0.2) is 0 Å². The number of rotatable bonds is 4. The van der Waals surface area contributed by atoms with E-state index in [4.69, 9.17) is 4.74 Å². The second kappa shape index (κ2) is 6.26. The number of pyridine rings is 1. The topological polar surface area (TPSA) is 91.4 Å². The highest BCUT2D eigenvalue weighted by molar-refractivity contribution is 7.89. The predicted octanol–water partition coefficient (Wildman–Crippen LogP) is 0.633. The van der Waals surface area contributed by atoms with Gasteiger partial charge in [-0.2, -0.15) is 9.40 Å². The van der Waals surface area contributed by atoms with Gasteiger partial charge < -0.3 is 9.64 Å². The largest absolute Gasteiger partial charge is 0.376 e. The van der Waals surface area contributed by atoms with Gasteiger partial charge in [-0.05, 0) is 12.1 Å². The maximum atomic E-state index is 12.6. The lowest BCUT2D eigenvalue weighted by atomic mass is 10.2. The van der Waals surface area contributed by atoms with Gasteiger partial charge in [-0.25, -0.2) is 8.42 Å². The summed E-state index contributed by atoms with van der Waals surface area (Å²) >= 11 is 0. The Morgan fingerprint density at radius 3 is 2.78 bits per heavy atom. The first kappa shape index (κ1) is 15.9. The predicted molar refractivity (Wildman–Crippen MR) is 84.6 cm³/mol. The first-order chi connectivity index (χ1) is 11.0. The summed E-state index contributed by atoms with van der Waals surface area (Å²) in [6, 6.07) is 3.81. The van der Waals surface area contributed by atoms with Crippen molar-refractivity contribution in [2.24, 2.45) is 0 Å². The molecule has 3 heterocycles. The zero-order valence-electron chi connectivity index (χ0n) is 13.0. The van der Waals surface area contributed by atoms with E-state index in [9.17, 15) is 8.42 Å². The number of hydrogen-bond acceptors (Lipinski definition) is 6. The Hall–Kier alpha value is -1.97. The molecule has 2 aromatic heterocycles. The summed E-state index contributed by atoms with van der Waals surface area (Å²) in [7, 11) is 0.317. The van der Waals surface area contributed by atoms with Gasteiger partial charge in [0.05, 0.1) is 30.4 Å². The number of morpholine rings is 1. The fourth-order valence-electron chi connectivity index (χ4n) is 2.40. The van der Waals surface area contributed by atoms with Crippen LogP contribution in [0.1, 0.15) is 11.8 Å². The number of hydrogen-bond donors (Lipinski definition) is 1. The summed E-state index contributed by atoms with van der Waals surface area (Å²) in [6.07, 6.45) is 4.07. The summed E-state index contributed by atoms with van der Waals surface area (Å²) in [5.41, 5.74) is 1.70. The Morgan fingerprint density at radius 2 is 2.17 bits per heavy atom. The molecule has 23 heavy (non-hydrogen) atoms. The standard InChI is InChI=1S/C14H19N5O3S/c1-18(2)11-3-4-13(15-7-11)14-10-19(5-6-22-14)23(20,21)12-8-16-17-9-12/h3-4,7-9,14H,5-6,10H2,1-2H3,(H,16,17)/t14-/m0/s1. The number of anilines is 1. The van der Waals surface area contributed by atoms with E-state index < -0.39 is 10.0 Å². The molecule has 1 atom stereocenters. The van der Waals surface area contributed by atoms with Crippen LogP contribution in [0.3, 0.4) is 0 Å². The van der Waals surface area contributed by atoms with Gasteiger partial charge >= 0.3 is 0 Å². The van der Waals surface area contributed by atoms with Crippen LogP contribution in [0.2, 0.25) is 0 Å². The minimum atomic E-state index is -3.56. The summed E-state index contributed by atoms with van der Waals surface area (Å²) in [4.78, 5) is 6.51. The third-order valence-electron chi connectivity index (χ3n) is 3.76. The number of aromatic amines is 1. The van der Waals surface area contributed by atoms with Crippen molar-refractivity contribution in [3.05, 3.63) is 36.4 Å². The molecule has 3 rings (SSSR count). The van der Waals surface area contributed by atoms with Crippen molar-refractivity contribution in [3.63, 3.8) is 0 Å². The third-order valence-corrected chi connectivity index (χ3v) is 5.59. The fraction of sp³-hybridized carbons (Fsp3) is 0.429. The van der Waals surface area contributed by atoms with Crippen molar-refractivity contribution >= 4 is 15.7 Å². The lowest BCUT2D eigenvalue weighted by Crippen LogP contribution is -2.42. The van der Waals surface area contributed by atoms with Crippen LogP contribution in [0, 0.1) is 0 Å². The summed E-state index contributed by atoms with van der Waals surface area (Å²) in [5.74, 6) is 0. The molecule has 0 aliphatic carbocycles. The Labute approximate surface area is 135 Å². The molecule has 1 aliphatic rings. The lowest BCUT2D eigenvalue weighted by molar-refractivity contribution is -0.00492. The van der Waals surface area contributed by atoms with Gasteiger partial charge in [0.25, 0.3) is 0 Å². The van der Waals surface area contributed by atoms with E-state index in [0.717, 1.165) is 11.4 Å². The van der Waals surface area contributed by atoms with Crippen molar-refractivity contribution in [3.8, 4) is 0 Å². The summed E-state index contributed by atoms with van der Waals surface area (Å²) in [5, 5.41) is 6.24. The maximum absolute atomic E-state index is 12.6. The quantitative estimate of drug-likeness (QED) is 0.880. The van der Waals surface area contributed by atoms with Crippen molar-refractivity contribution in [1.82, 2.24) is 19.5 Å². The number of aromatic nitrogens is 3. The normalized spacial score (nSPS) is 19.7. The van der Waals surface area contributed by atoms with E-state index in [-0.39, 0.29) is 17.5 Å². The Morgan fingerprint density at radius 1 is 1.35 bits per heavy atom. The van der Waals surface area contributed by atoms with Crippen molar-refractivity contribution in [2.75, 3.05) is 38.7 Å². The molecule has 0 bridgehead atoms. The molecule has 2 aromatic rings. The fourth-order valence-corrected chi connectivity index (χ4v) is 3.74. The molecule has 0 unspecified atom stereocenters. The zero-order valence-corrected chi connectivity index (χ0v) is 13.8. The maximum Gasteiger partial charge on any atom is 0.246 e. The minimum absolute atomic E-state index is 0.161. The molecular weight excluding hydrogens is 318 g/mol. The third kappa shape index (κ3) is 3.21. The highest BCUT2D eigenvalue weighted by atomic mass is 32.2. The second-order valence-electron chi connectivity index (χ2n) is 5.49. The van der Waals surface area contributed by atoms with Crippen LogP contribution in [-0.2, 0) is 14.8 Å². The number of ether oxygens (including phenoxy) is 1. The van der Waals surface area contributed by atoms with E-state index in [2.05, 4.69) is 15.2 Å². The molecule has 1 N–H and O–H groups in total. The van der Waals surface area contributed by atoms with E-state index in [1.165, 1.54) is 16.7 Å². The first-order valence-electron chi connectivity index (χ1n) is 7.22. The number of sulfonamides is 1. The Balaban J connectivity index is 1.78. The zero-order chi connectivity index (χ0) is 16.4. The SMILES string of the molecule is CN(C)c1ccc([C@@H]2CN(S(=O)(=O)c3cn[nH]c3)CCO2)nc1. The van der Waals surface area contributed by atoms with Crippen LogP contribution >= 0.6 is 0 Å². The molecule has 8 nitrogen and oxygen atoms in total. The van der Waals surface area contributed by atoms with Crippen LogP contribution in [0.4, 0.5) is 5.69 Å². The van der Waals surface area contributed by atoms with Crippen molar-refractivity contribution in [1.29, 1.82) is 0 Å². The molecule has 0 amide bonds. The van der Waals surface area contributed by atoms with Gasteiger partial charge in [0, 0.05) is 33.4 Å². The molecule has 1 aliphatic heterocycles. The average molecular weight is 337 g/mol. The van der Waals surface area contributed by atoms with Gasteiger partial charge in [-0.1, -0.05) is 0 Å². The van der Waals surface area contributed by atoms with Crippen LogP contribution in [0.15, 0.2) is 35.6 Å². The second-order valence-corrected chi connectivity index (χ2v) is 7.43. The smallest absolute Gasteiger partial charge is 0.246 e. The van der Waals surface area contributed by atoms with Gasteiger partial charge in [-0.15, -0.1) is 0 Å². The van der Waals surface area contributed by atoms with Crippen LogP contribution in [0.5, 0.6) is 0 Å². The number of nitrogens with zero attached hydrogens (tertiary/aromatic N) is 4. The van der Waals surface area contributed by atoms with E-state index >= 15 is 0 Å². The van der Waals surface area contributed by atoms with Gasteiger partial charge in [-0.3, -0.25) is 10.1 Å². The number of nitrogens with one attached hydrogen (secondary N) is 1.